The molecule has 2 fully saturated rings. The van der Waals surface area contributed by atoms with E-state index in [0.29, 0.717) is 54.4 Å². The summed E-state index contributed by atoms with van der Waals surface area (Å²) in [5.74, 6) is 3.91. The van der Waals surface area contributed by atoms with Crippen LogP contribution < -0.4 is 9.47 Å². The van der Waals surface area contributed by atoms with Gasteiger partial charge in [0.05, 0.1) is 23.4 Å². The van der Waals surface area contributed by atoms with Gasteiger partial charge in [-0.15, -0.1) is 6.42 Å². The van der Waals surface area contributed by atoms with Crippen LogP contribution in [0, 0.1) is 48.0 Å². The van der Waals surface area contributed by atoms with E-state index in [9.17, 15) is 14.4 Å². The van der Waals surface area contributed by atoms with Gasteiger partial charge < -0.3 is 14.2 Å². The number of carbonyl (C=O) groups is 3. The first-order valence-electron chi connectivity index (χ1n) is 13.1. The van der Waals surface area contributed by atoms with Gasteiger partial charge in [-0.2, -0.15) is 0 Å². The van der Waals surface area contributed by atoms with Crippen LogP contribution in [0.1, 0.15) is 58.3 Å². The molecule has 0 spiro atoms. The molecule has 0 N–H and O–H groups in total. The molecule has 2 aromatic rings. The highest BCUT2D eigenvalue weighted by Gasteiger charge is 2.32. The second kappa shape index (κ2) is 12.9. The minimum Gasteiger partial charge on any atom is -0.426 e. The molecular formula is C31H31NO6. The average Bonchev–Trinajstić information content (AvgIpc) is 2.94. The van der Waals surface area contributed by atoms with Crippen molar-refractivity contribution < 1.29 is 28.6 Å². The minimum atomic E-state index is -0.426. The smallest absolute Gasteiger partial charge is 0.322 e. The average molecular weight is 514 g/mol. The monoisotopic (exact) mass is 513 g/mol. The fourth-order valence-corrected chi connectivity index (χ4v) is 5.02. The summed E-state index contributed by atoms with van der Waals surface area (Å²) in [5.41, 5.74) is 1.16. The number of nitrogens with zero attached hydrogens (tertiary/aromatic N) is 1. The first-order chi connectivity index (χ1) is 18.4. The van der Waals surface area contributed by atoms with Crippen LogP contribution in [0.4, 0.5) is 0 Å². The number of carbonyl (C=O) groups excluding carboxylic acids is 3. The standard InChI is InChI=1S/C31H31NO6/c1-3-4-19-36-29(33)22-12-14-24(15-13-22)31(35)38-28-17-16-25(20-26(28)27-7-5-6-18-32-27)37-30(34)23-10-8-21(2)9-11-23/h1,5-7,16-18,20-24H,8-15H2,2H3/t21-,22?,23-,24?. The molecule has 7 heteroatoms. The number of esters is 3. The molecule has 38 heavy (non-hydrogen) atoms. The van der Waals surface area contributed by atoms with Crippen LogP contribution in [0.2, 0.25) is 0 Å². The van der Waals surface area contributed by atoms with Gasteiger partial charge in [-0.1, -0.05) is 13.0 Å². The van der Waals surface area contributed by atoms with Gasteiger partial charge in [0.25, 0.3) is 0 Å². The Kier molecular flexibility index (Phi) is 9.16. The molecule has 2 aliphatic rings. The highest BCUT2D eigenvalue weighted by molar-refractivity contribution is 5.81. The predicted molar refractivity (Wildman–Crippen MR) is 140 cm³/mol. The van der Waals surface area contributed by atoms with E-state index in [2.05, 4.69) is 29.9 Å². The van der Waals surface area contributed by atoms with Gasteiger partial charge in [-0.3, -0.25) is 19.4 Å². The lowest BCUT2D eigenvalue weighted by Crippen LogP contribution is -2.29. The molecule has 1 aromatic carbocycles. The highest BCUT2D eigenvalue weighted by Crippen LogP contribution is 2.36. The van der Waals surface area contributed by atoms with Gasteiger partial charge in [-0.05, 0) is 93.5 Å². The van der Waals surface area contributed by atoms with Gasteiger partial charge in [0, 0.05) is 17.7 Å². The number of ether oxygens (including phenoxy) is 3. The summed E-state index contributed by atoms with van der Waals surface area (Å²) < 4.78 is 16.4. The van der Waals surface area contributed by atoms with Crippen LogP contribution in [0.25, 0.3) is 11.3 Å². The lowest BCUT2D eigenvalue weighted by Gasteiger charge is -2.25. The largest absolute Gasteiger partial charge is 0.426 e. The van der Waals surface area contributed by atoms with E-state index in [4.69, 9.17) is 20.6 Å². The van der Waals surface area contributed by atoms with E-state index in [1.165, 1.54) is 0 Å². The van der Waals surface area contributed by atoms with Crippen LogP contribution in [0.5, 0.6) is 11.5 Å². The lowest BCUT2D eigenvalue weighted by molar-refractivity contribution is -0.146. The van der Waals surface area contributed by atoms with E-state index >= 15 is 0 Å². The SMILES string of the molecule is C#CC#COC(=O)C1CCC(C(=O)Oc2ccc(OC(=O)[C@H]3CC[C@H](C)CC3)cc2-c2ccccn2)CC1. The van der Waals surface area contributed by atoms with Crippen molar-refractivity contribution in [1.82, 2.24) is 4.98 Å². The van der Waals surface area contributed by atoms with Crippen LogP contribution in [-0.2, 0) is 19.1 Å². The minimum absolute atomic E-state index is 0.0983. The van der Waals surface area contributed by atoms with Crippen LogP contribution >= 0.6 is 0 Å². The van der Waals surface area contributed by atoms with Gasteiger partial charge in [-0.25, -0.2) is 0 Å². The topological polar surface area (TPSA) is 91.8 Å². The van der Waals surface area contributed by atoms with Gasteiger partial charge in [0.1, 0.15) is 17.6 Å². The number of rotatable bonds is 6. The molecule has 0 atom stereocenters. The summed E-state index contributed by atoms with van der Waals surface area (Å²) in [6.07, 6.45) is 14.6. The Morgan fingerprint density at radius 1 is 0.842 bits per heavy atom. The Balaban J connectivity index is 1.43. The Morgan fingerprint density at radius 2 is 1.47 bits per heavy atom. The fraction of sp³-hybridized carbons (Fsp3) is 0.419. The third kappa shape index (κ3) is 7.01. The maximum atomic E-state index is 13.0. The number of terminal acetylenes is 1. The molecule has 2 saturated carbocycles. The summed E-state index contributed by atoms with van der Waals surface area (Å²) >= 11 is 0. The molecular weight excluding hydrogens is 482 g/mol. The zero-order chi connectivity index (χ0) is 26.9. The van der Waals surface area contributed by atoms with E-state index in [0.717, 1.165) is 25.7 Å². The first kappa shape index (κ1) is 26.9. The van der Waals surface area contributed by atoms with Crippen molar-refractivity contribution in [2.75, 3.05) is 0 Å². The van der Waals surface area contributed by atoms with Crippen molar-refractivity contribution in [3.8, 4) is 47.1 Å². The highest BCUT2D eigenvalue weighted by atomic mass is 16.5. The zero-order valence-corrected chi connectivity index (χ0v) is 21.5. The number of hydrogen-bond donors (Lipinski definition) is 0. The van der Waals surface area contributed by atoms with Crippen LogP contribution in [0.3, 0.4) is 0 Å². The van der Waals surface area contributed by atoms with E-state index in [-0.39, 0.29) is 29.7 Å². The number of benzene rings is 1. The van der Waals surface area contributed by atoms with E-state index < -0.39 is 5.97 Å². The molecule has 7 nitrogen and oxygen atoms in total. The molecule has 0 radical (unpaired) electrons. The molecule has 0 saturated heterocycles. The third-order valence-electron chi connectivity index (χ3n) is 7.34. The summed E-state index contributed by atoms with van der Waals surface area (Å²) in [4.78, 5) is 42.3. The quantitative estimate of drug-likeness (QED) is 0.293. The predicted octanol–water partition coefficient (Wildman–Crippen LogP) is 5.33. The third-order valence-corrected chi connectivity index (χ3v) is 7.34. The summed E-state index contributed by atoms with van der Waals surface area (Å²) in [6.45, 7) is 2.21. The number of aromatic nitrogens is 1. The molecule has 0 bridgehead atoms. The second-order valence-corrected chi connectivity index (χ2v) is 10.0. The second-order valence-electron chi connectivity index (χ2n) is 10.0. The number of pyridine rings is 1. The van der Waals surface area contributed by atoms with Crippen molar-refractivity contribution in [3.05, 3.63) is 42.6 Å². The molecule has 2 aliphatic carbocycles. The fourth-order valence-electron chi connectivity index (χ4n) is 5.02. The van der Waals surface area contributed by atoms with Gasteiger partial charge >= 0.3 is 17.9 Å². The Bertz CT molecular complexity index is 1250. The number of hydrogen-bond acceptors (Lipinski definition) is 7. The van der Waals surface area contributed by atoms with Crippen molar-refractivity contribution in [2.24, 2.45) is 23.7 Å². The lowest BCUT2D eigenvalue weighted by atomic mass is 9.82. The van der Waals surface area contributed by atoms with Gasteiger partial charge in [0.2, 0.25) is 0 Å². The molecule has 0 amide bonds. The Hall–Kier alpha value is -4.10. The van der Waals surface area contributed by atoms with Crippen molar-refractivity contribution >= 4 is 17.9 Å². The normalized spacial score (nSPS) is 22.6. The molecule has 0 unspecified atom stereocenters. The van der Waals surface area contributed by atoms with Crippen molar-refractivity contribution in [3.63, 3.8) is 0 Å². The molecule has 1 heterocycles. The van der Waals surface area contributed by atoms with E-state index in [1.54, 1.807) is 36.5 Å². The molecule has 4 rings (SSSR count). The Labute approximate surface area is 223 Å². The summed E-state index contributed by atoms with van der Waals surface area (Å²) in [6, 6.07) is 10.4. The zero-order valence-electron chi connectivity index (χ0n) is 21.5. The van der Waals surface area contributed by atoms with E-state index in [1.807, 2.05) is 6.07 Å². The van der Waals surface area contributed by atoms with Crippen LogP contribution in [-0.4, -0.2) is 22.9 Å². The Morgan fingerprint density at radius 3 is 2.11 bits per heavy atom. The first-order valence-corrected chi connectivity index (χ1v) is 13.1. The maximum absolute atomic E-state index is 13.0. The van der Waals surface area contributed by atoms with Gasteiger partial charge in [0.15, 0.2) is 0 Å². The molecule has 1 aromatic heterocycles. The van der Waals surface area contributed by atoms with Crippen LogP contribution in [0.15, 0.2) is 42.6 Å². The van der Waals surface area contributed by atoms with Crippen molar-refractivity contribution in [2.45, 2.75) is 58.3 Å². The molecule has 196 valence electrons. The summed E-state index contributed by atoms with van der Waals surface area (Å²) in [5, 5.41) is 0. The molecule has 0 aliphatic heterocycles. The van der Waals surface area contributed by atoms with Crippen molar-refractivity contribution in [1.29, 1.82) is 0 Å². The summed E-state index contributed by atoms with van der Waals surface area (Å²) in [7, 11) is 0. The maximum Gasteiger partial charge on any atom is 0.322 e.